The van der Waals surface area contributed by atoms with Crippen molar-refractivity contribution in [2.45, 2.75) is 20.4 Å². The molecule has 3 aromatic heterocycles. The maximum Gasteiger partial charge on any atom is 0.232 e. The average molecular weight is 415 g/mol. The van der Waals surface area contributed by atoms with Crippen molar-refractivity contribution in [2.75, 3.05) is 24.3 Å². The molecule has 0 aliphatic heterocycles. The highest BCUT2D eigenvalue weighted by atomic mass is 79.9. The van der Waals surface area contributed by atoms with Crippen LogP contribution in [0.25, 0.3) is 16.7 Å². The summed E-state index contributed by atoms with van der Waals surface area (Å²) in [6.07, 6.45) is 1.72. The van der Waals surface area contributed by atoms with Gasteiger partial charge in [0.2, 0.25) is 11.9 Å². The van der Waals surface area contributed by atoms with Crippen molar-refractivity contribution in [3.05, 3.63) is 39.8 Å². The second kappa shape index (κ2) is 6.24. The predicted octanol–water partition coefficient (Wildman–Crippen LogP) is 3.06. The Morgan fingerprint density at radius 2 is 1.96 bits per heavy atom. The summed E-state index contributed by atoms with van der Waals surface area (Å²) < 4.78 is 2.53. The zero-order valence-electron chi connectivity index (χ0n) is 15.0. The van der Waals surface area contributed by atoms with Crippen molar-refractivity contribution in [1.29, 1.82) is 0 Å². The SMILES string of the molecule is CNc1nc(N(C)Cc2nc3cc(C)c(C)cc3[nH]2)n2ncc(Br)c2n1. The Kier molecular flexibility index (Phi) is 4.03. The Bertz CT molecular complexity index is 1070. The van der Waals surface area contributed by atoms with Crippen LogP contribution in [0.5, 0.6) is 0 Å². The van der Waals surface area contributed by atoms with E-state index in [2.05, 4.69) is 67.3 Å². The summed E-state index contributed by atoms with van der Waals surface area (Å²) in [5.74, 6) is 2.09. The zero-order valence-corrected chi connectivity index (χ0v) is 16.6. The molecule has 0 unspecified atom stereocenters. The molecule has 0 saturated heterocycles. The molecule has 9 heteroatoms. The summed E-state index contributed by atoms with van der Waals surface area (Å²) in [5.41, 5.74) is 5.21. The van der Waals surface area contributed by atoms with Crippen LogP contribution < -0.4 is 10.2 Å². The average Bonchev–Trinajstić information content (AvgIpc) is 3.17. The minimum absolute atomic E-state index is 0.538. The van der Waals surface area contributed by atoms with Gasteiger partial charge in [0.05, 0.1) is 28.2 Å². The first kappa shape index (κ1) is 16.8. The molecule has 0 radical (unpaired) electrons. The van der Waals surface area contributed by atoms with Crippen LogP contribution in [0.4, 0.5) is 11.9 Å². The van der Waals surface area contributed by atoms with E-state index in [0.717, 1.165) is 21.3 Å². The lowest BCUT2D eigenvalue weighted by molar-refractivity contribution is 0.776. The first-order chi connectivity index (χ1) is 12.5. The van der Waals surface area contributed by atoms with Crippen LogP contribution in [0.1, 0.15) is 17.0 Å². The minimum atomic E-state index is 0.538. The highest BCUT2D eigenvalue weighted by molar-refractivity contribution is 9.10. The molecule has 26 heavy (non-hydrogen) atoms. The summed E-state index contributed by atoms with van der Waals surface area (Å²) >= 11 is 3.48. The lowest BCUT2D eigenvalue weighted by Gasteiger charge is -2.18. The Balaban J connectivity index is 1.72. The van der Waals surface area contributed by atoms with Gasteiger partial charge in [-0.25, -0.2) is 4.98 Å². The number of aromatic amines is 1. The first-order valence-corrected chi connectivity index (χ1v) is 9.01. The molecule has 8 nitrogen and oxygen atoms in total. The quantitative estimate of drug-likeness (QED) is 0.533. The van der Waals surface area contributed by atoms with Crippen LogP contribution in [0, 0.1) is 13.8 Å². The molecule has 0 spiro atoms. The molecule has 4 rings (SSSR count). The number of hydrogen-bond acceptors (Lipinski definition) is 6. The Morgan fingerprint density at radius 1 is 1.19 bits per heavy atom. The molecule has 0 atom stereocenters. The number of fused-ring (bicyclic) bond motifs is 2. The van der Waals surface area contributed by atoms with Gasteiger partial charge in [-0.2, -0.15) is 19.6 Å². The van der Waals surface area contributed by atoms with Gasteiger partial charge in [-0.3, -0.25) is 0 Å². The molecule has 0 aliphatic rings. The number of anilines is 2. The molecule has 0 aliphatic carbocycles. The lowest BCUT2D eigenvalue weighted by Crippen LogP contribution is -2.22. The summed E-state index contributed by atoms with van der Waals surface area (Å²) in [7, 11) is 3.75. The molecular formula is C17H19BrN8. The maximum absolute atomic E-state index is 4.71. The number of benzene rings is 1. The molecule has 4 aromatic rings. The van der Waals surface area contributed by atoms with Crippen molar-refractivity contribution in [2.24, 2.45) is 0 Å². The summed E-state index contributed by atoms with van der Waals surface area (Å²) in [5, 5.41) is 7.36. The number of H-pyrrole nitrogens is 1. The molecular weight excluding hydrogens is 396 g/mol. The predicted molar refractivity (Wildman–Crippen MR) is 106 cm³/mol. The fourth-order valence-corrected chi connectivity index (χ4v) is 3.24. The number of aryl methyl sites for hydroxylation is 2. The third-order valence-electron chi connectivity index (χ3n) is 4.41. The second-order valence-corrected chi connectivity index (χ2v) is 7.17. The van der Waals surface area contributed by atoms with Crippen LogP contribution in [-0.4, -0.2) is 43.6 Å². The third kappa shape index (κ3) is 2.78. The van der Waals surface area contributed by atoms with Crippen molar-refractivity contribution < 1.29 is 0 Å². The molecule has 0 fully saturated rings. The van der Waals surface area contributed by atoms with Crippen LogP contribution in [-0.2, 0) is 6.54 Å². The maximum atomic E-state index is 4.71. The zero-order chi connectivity index (χ0) is 18.4. The van der Waals surface area contributed by atoms with Crippen molar-refractivity contribution in [3.63, 3.8) is 0 Å². The van der Waals surface area contributed by atoms with Crippen molar-refractivity contribution >= 4 is 44.5 Å². The molecule has 0 bridgehead atoms. The summed E-state index contributed by atoms with van der Waals surface area (Å²) in [6.45, 7) is 4.77. The normalized spacial score (nSPS) is 11.4. The lowest BCUT2D eigenvalue weighted by atomic mass is 10.1. The number of hydrogen-bond donors (Lipinski definition) is 2. The summed E-state index contributed by atoms with van der Waals surface area (Å²) in [6, 6.07) is 4.24. The number of nitrogens with zero attached hydrogens (tertiary/aromatic N) is 6. The number of halogens is 1. The van der Waals surface area contributed by atoms with E-state index in [9.17, 15) is 0 Å². The van der Waals surface area contributed by atoms with Crippen molar-refractivity contribution in [3.8, 4) is 0 Å². The van der Waals surface area contributed by atoms with Gasteiger partial charge in [-0.05, 0) is 53.0 Å². The molecule has 2 N–H and O–H groups in total. The van der Waals surface area contributed by atoms with E-state index in [1.165, 1.54) is 11.1 Å². The molecule has 0 amide bonds. The molecule has 1 aromatic carbocycles. The van der Waals surface area contributed by atoms with Gasteiger partial charge in [0.15, 0.2) is 5.65 Å². The first-order valence-electron chi connectivity index (χ1n) is 8.22. The number of nitrogens with one attached hydrogen (secondary N) is 2. The van der Waals surface area contributed by atoms with E-state index in [-0.39, 0.29) is 0 Å². The number of aromatic nitrogens is 6. The van der Waals surface area contributed by atoms with Gasteiger partial charge in [-0.1, -0.05) is 0 Å². The molecule has 0 saturated carbocycles. The van der Waals surface area contributed by atoms with Gasteiger partial charge in [0.25, 0.3) is 0 Å². The van der Waals surface area contributed by atoms with E-state index in [1.54, 1.807) is 17.8 Å². The van der Waals surface area contributed by atoms with Gasteiger partial charge < -0.3 is 15.2 Å². The Morgan fingerprint density at radius 3 is 2.73 bits per heavy atom. The van der Waals surface area contributed by atoms with Gasteiger partial charge in [-0.15, -0.1) is 0 Å². The van der Waals surface area contributed by atoms with Gasteiger partial charge >= 0.3 is 0 Å². The fourth-order valence-electron chi connectivity index (χ4n) is 2.89. The Hall–Kier alpha value is -2.68. The largest absolute Gasteiger partial charge is 0.357 e. The topological polar surface area (TPSA) is 87.0 Å². The van der Waals surface area contributed by atoms with Crippen molar-refractivity contribution in [1.82, 2.24) is 29.5 Å². The van der Waals surface area contributed by atoms with E-state index in [4.69, 9.17) is 4.98 Å². The van der Waals surface area contributed by atoms with Gasteiger partial charge in [0, 0.05) is 14.1 Å². The Labute approximate surface area is 158 Å². The minimum Gasteiger partial charge on any atom is -0.357 e. The summed E-state index contributed by atoms with van der Waals surface area (Å²) in [4.78, 5) is 19.1. The number of rotatable bonds is 4. The number of imidazole rings is 1. The van der Waals surface area contributed by atoms with Crippen LogP contribution in [0.15, 0.2) is 22.8 Å². The van der Waals surface area contributed by atoms with E-state index in [0.29, 0.717) is 24.1 Å². The van der Waals surface area contributed by atoms with Crippen LogP contribution >= 0.6 is 15.9 Å². The monoisotopic (exact) mass is 414 g/mol. The second-order valence-electron chi connectivity index (χ2n) is 6.32. The fraction of sp³-hybridized carbons (Fsp3) is 0.294. The van der Waals surface area contributed by atoms with E-state index >= 15 is 0 Å². The smallest absolute Gasteiger partial charge is 0.232 e. The van der Waals surface area contributed by atoms with Gasteiger partial charge in [0.1, 0.15) is 5.82 Å². The van der Waals surface area contributed by atoms with Crippen LogP contribution in [0.3, 0.4) is 0 Å². The highest BCUT2D eigenvalue weighted by Crippen LogP contribution is 2.23. The standard InChI is InChI=1S/C17H19BrN8/c1-9-5-12-13(6-10(9)2)22-14(21-12)8-25(4)17-24-16(19-3)23-15-11(18)7-20-26(15)17/h5-7H,8H2,1-4H3,(H,19,23)(H,21,22). The van der Waals surface area contributed by atoms with Crippen LogP contribution in [0.2, 0.25) is 0 Å². The highest BCUT2D eigenvalue weighted by Gasteiger charge is 2.16. The van der Waals surface area contributed by atoms with E-state index < -0.39 is 0 Å². The molecule has 3 heterocycles. The van der Waals surface area contributed by atoms with E-state index in [1.807, 2.05) is 11.9 Å². The molecule has 134 valence electrons. The third-order valence-corrected chi connectivity index (χ3v) is 4.97.